The summed E-state index contributed by atoms with van der Waals surface area (Å²) >= 11 is 0. The number of aromatic nitrogens is 2. The van der Waals surface area contributed by atoms with Gasteiger partial charge in [0, 0.05) is 32.3 Å². The van der Waals surface area contributed by atoms with Crippen molar-refractivity contribution in [1.82, 2.24) is 9.78 Å². The van der Waals surface area contributed by atoms with E-state index < -0.39 is 0 Å². The van der Waals surface area contributed by atoms with Crippen LogP contribution in [-0.4, -0.2) is 34.6 Å². The SMILES string of the molecule is CC(CO)Cn1ncc(N2CCCCC2)cc1=O. The lowest BCUT2D eigenvalue weighted by Gasteiger charge is -2.28. The molecule has 1 atom stereocenters. The Morgan fingerprint density at radius 3 is 2.72 bits per heavy atom. The number of anilines is 1. The Labute approximate surface area is 107 Å². The molecule has 0 spiro atoms. The van der Waals surface area contributed by atoms with Crippen LogP contribution in [-0.2, 0) is 6.54 Å². The molecule has 1 unspecified atom stereocenters. The van der Waals surface area contributed by atoms with Crippen LogP contribution in [0.1, 0.15) is 26.2 Å². The Bertz CT molecular complexity index is 438. The summed E-state index contributed by atoms with van der Waals surface area (Å²) in [6.45, 7) is 4.46. The molecule has 1 N–H and O–H groups in total. The summed E-state index contributed by atoms with van der Waals surface area (Å²) in [6.07, 6.45) is 5.40. The summed E-state index contributed by atoms with van der Waals surface area (Å²) in [4.78, 5) is 14.1. The van der Waals surface area contributed by atoms with E-state index in [9.17, 15) is 4.79 Å². The van der Waals surface area contributed by atoms with Crippen LogP contribution in [0.3, 0.4) is 0 Å². The zero-order chi connectivity index (χ0) is 13.0. The van der Waals surface area contributed by atoms with Gasteiger partial charge in [0.2, 0.25) is 0 Å². The van der Waals surface area contributed by atoms with Crippen molar-refractivity contribution in [2.45, 2.75) is 32.7 Å². The Kier molecular flexibility index (Phi) is 4.36. The third-order valence-corrected chi connectivity index (χ3v) is 3.37. The molecule has 2 rings (SSSR count). The fourth-order valence-corrected chi connectivity index (χ4v) is 2.24. The molecular formula is C13H21N3O2. The van der Waals surface area contributed by atoms with Crippen LogP contribution >= 0.6 is 0 Å². The van der Waals surface area contributed by atoms with Crippen LogP contribution in [0, 0.1) is 5.92 Å². The summed E-state index contributed by atoms with van der Waals surface area (Å²) in [7, 11) is 0. The predicted molar refractivity (Wildman–Crippen MR) is 70.8 cm³/mol. The minimum atomic E-state index is -0.0848. The molecule has 0 bridgehead atoms. The summed E-state index contributed by atoms with van der Waals surface area (Å²) < 4.78 is 1.42. The van der Waals surface area contributed by atoms with E-state index in [4.69, 9.17) is 5.11 Å². The standard InChI is InChI=1S/C13H21N3O2/c1-11(10-17)9-16-13(18)7-12(8-14-16)15-5-3-2-4-6-15/h7-8,11,17H,2-6,9-10H2,1H3. The maximum atomic E-state index is 11.9. The molecular weight excluding hydrogens is 230 g/mol. The second kappa shape index (κ2) is 6.00. The fourth-order valence-electron chi connectivity index (χ4n) is 2.24. The highest BCUT2D eigenvalue weighted by Crippen LogP contribution is 2.16. The van der Waals surface area contributed by atoms with E-state index in [0.29, 0.717) is 6.54 Å². The first-order valence-electron chi connectivity index (χ1n) is 6.63. The van der Waals surface area contributed by atoms with Crippen molar-refractivity contribution in [2.24, 2.45) is 5.92 Å². The first-order valence-corrected chi connectivity index (χ1v) is 6.63. The Balaban J connectivity index is 2.11. The molecule has 1 aromatic heterocycles. The minimum Gasteiger partial charge on any atom is -0.396 e. The van der Waals surface area contributed by atoms with Crippen molar-refractivity contribution >= 4 is 5.69 Å². The Morgan fingerprint density at radius 2 is 2.11 bits per heavy atom. The van der Waals surface area contributed by atoms with Crippen molar-refractivity contribution in [2.75, 3.05) is 24.6 Å². The van der Waals surface area contributed by atoms with Gasteiger partial charge in [-0.15, -0.1) is 0 Å². The van der Waals surface area contributed by atoms with E-state index in [2.05, 4.69) is 10.00 Å². The third kappa shape index (κ3) is 3.10. The summed E-state index contributed by atoms with van der Waals surface area (Å²) in [6, 6.07) is 1.66. The molecule has 0 aliphatic carbocycles. The van der Waals surface area contributed by atoms with Gasteiger partial charge in [-0.2, -0.15) is 5.10 Å². The fraction of sp³-hybridized carbons (Fsp3) is 0.692. The summed E-state index contributed by atoms with van der Waals surface area (Å²) in [5.41, 5.74) is 0.839. The zero-order valence-electron chi connectivity index (χ0n) is 10.9. The van der Waals surface area contributed by atoms with E-state index in [0.717, 1.165) is 18.8 Å². The van der Waals surface area contributed by atoms with Crippen molar-refractivity contribution < 1.29 is 5.11 Å². The summed E-state index contributed by atoms with van der Waals surface area (Å²) in [5, 5.41) is 13.2. The highest BCUT2D eigenvalue weighted by molar-refractivity contribution is 5.43. The molecule has 1 aliphatic heterocycles. The van der Waals surface area contributed by atoms with Crippen LogP contribution in [0.2, 0.25) is 0 Å². The van der Waals surface area contributed by atoms with E-state index >= 15 is 0 Å². The molecule has 0 aromatic carbocycles. The van der Waals surface area contributed by atoms with Gasteiger partial charge in [0.1, 0.15) is 0 Å². The van der Waals surface area contributed by atoms with Gasteiger partial charge in [0.05, 0.1) is 11.9 Å². The average Bonchev–Trinajstić information content (AvgIpc) is 2.42. The van der Waals surface area contributed by atoms with E-state index in [-0.39, 0.29) is 18.1 Å². The van der Waals surface area contributed by atoms with Gasteiger partial charge in [-0.1, -0.05) is 6.92 Å². The van der Waals surface area contributed by atoms with E-state index in [1.165, 1.54) is 23.9 Å². The second-order valence-electron chi connectivity index (χ2n) is 5.07. The van der Waals surface area contributed by atoms with Gasteiger partial charge in [0.15, 0.2) is 0 Å². The molecule has 1 aliphatic rings. The molecule has 1 fully saturated rings. The molecule has 0 radical (unpaired) electrons. The van der Waals surface area contributed by atoms with Crippen molar-refractivity contribution in [1.29, 1.82) is 0 Å². The highest BCUT2D eigenvalue weighted by Gasteiger charge is 2.13. The van der Waals surface area contributed by atoms with Crippen molar-refractivity contribution in [3.05, 3.63) is 22.6 Å². The van der Waals surface area contributed by atoms with Gasteiger partial charge in [-0.05, 0) is 25.2 Å². The third-order valence-electron chi connectivity index (χ3n) is 3.37. The minimum absolute atomic E-state index is 0.0519. The molecule has 100 valence electrons. The van der Waals surface area contributed by atoms with Gasteiger partial charge >= 0.3 is 0 Å². The molecule has 1 saturated heterocycles. The van der Waals surface area contributed by atoms with Crippen LogP contribution < -0.4 is 10.5 Å². The first-order chi connectivity index (χ1) is 8.70. The van der Waals surface area contributed by atoms with Gasteiger partial charge in [-0.3, -0.25) is 4.79 Å². The molecule has 5 nitrogen and oxygen atoms in total. The molecule has 18 heavy (non-hydrogen) atoms. The van der Waals surface area contributed by atoms with Crippen molar-refractivity contribution in [3.63, 3.8) is 0 Å². The van der Waals surface area contributed by atoms with Gasteiger partial charge in [-0.25, -0.2) is 4.68 Å². The number of aliphatic hydroxyl groups excluding tert-OH is 1. The Morgan fingerprint density at radius 1 is 1.39 bits per heavy atom. The number of hydrogen-bond acceptors (Lipinski definition) is 4. The quantitative estimate of drug-likeness (QED) is 0.862. The largest absolute Gasteiger partial charge is 0.396 e. The lowest BCUT2D eigenvalue weighted by Crippen LogP contribution is -2.32. The number of piperidine rings is 1. The number of aliphatic hydroxyl groups is 1. The van der Waals surface area contributed by atoms with Crippen LogP contribution in [0.25, 0.3) is 0 Å². The highest BCUT2D eigenvalue weighted by atomic mass is 16.3. The Hall–Kier alpha value is -1.36. The molecule has 0 amide bonds. The monoisotopic (exact) mass is 251 g/mol. The predicted octanol–water partition coefficient (Wildman–Crippen LogP) is 0.862. The average molecular weight is 251 g/mol. The number of nitrogens with zero attached hydrogens (tertiary/aromatic N) is 3. The molecule has 1 aromatic rings. The smallest absolute Gasteiger partial charge is 0.268 e. The molecule has 0 saturated carbocycles. The lowest BCUT2D eigenvalue weighted by atomic mass is 10.1. The second-order valence-corrected chi connectivity index (χ2v) is 5.07. The lowest BCUT2D eigenvalue weighted by molar-refractivity contribution is 0.217. The maximum Gasteiger partial charge on any atom is 0.268 e. The van der Waals surface area contributed by atoms with Crippen LogP contribution in [0.15, 0.2) is 17.1 Å². The first kappa shape index (κ1) is 13.1. The molecule has 5 heteroatoms. The summed E-state index contributed by atoms with van der Waals surface area (Å²) in [5.74, 6) is 0.0519. The number of rotatable bonds is 4. The van der Waals surface area contributed by atoms with Crippen LogP contribution in [0.4, 0.5) is 5.69 Å². The van der Waals surface area contributed by atoms with Gasteiger partial charge < -0.3 is 10.0 Å². The van der Waals surface area contributed by atoms with Gasteiger partial charge in [0.25, 0.3) is 5.56 Å². The topological polar surface area (TPSA) is 58.4 Å². The number of hydrogen-bond donors (Lipinski definition) is 1. The van der Waals surface area contributed by atoms with E-state index in [1.807, 2.05) is 6.92 Å². The van der Waals surface area contributed by atoms with E-state index in [1.54, 1.807) is 12.3 Å². The maximum absolute atomic E-state index is 11.9. The van der Waals surface area contributed by atoms with Crippen molar-refractivity contribution in [3.8, 4) is 0 Å². The molecule has 2 heterocycles. The normalized spacial score (nSPS) is 17.8. The van der Waals surface area contributed by atoms with Crippen LogP contribution in [0.5, 0.6) is 0 Å². The zero-order valence-corrected chi connectivity index (χ0v) is 10.9.